The van der Waals surface area contributed by atoms with Crippen molar-refractivity contribution in [3.8, 4) is 5.88 Å². The normalized spacial score (nSPS) is 17.8. The van der Waals surface area contributed by atoms with Crippen LogP contribution in [0.15, 0.2) is 48.5 Å². The van der Waals surface area contributed by atoms with E-state index < -0.39 is 0 Å². The summed E-state index contributed by atoms with van der Waals surface area (Å²) in [6.07, 6.45) is 0.125. The van der Waals surface area contributed by atoms with E-state index in [9.17, 15) is 0 Å². The van der Waals surface area contributed by atoms with Crippen LogP contribution in [0, 0.1) is 13.8 Å². The predicted octanol–water partition coefficient (Wildman–Crippen LogP) is 4.63. The van der Waals surface area contributed by atoms with Gasteiger partial charge in [0.2, 0.25) is 5.88 Å². The van der Waals surface area contributed by atoms with Crippen LogP contribution >= 0.6 is 0 Å². The van der Waals surface area contributed by atoms with Crippen LogP contribution in [-0.4, -0.2) is 22.5 Å². The summed E-state index contributed by atoms with van der Waals surface area (Å²) in [5, 5.41) is 1.23. The molecule has 0 spiro atoms. The number of rotatable bonds is 2. The number of ether oxygens (including phenoxy) is 1. The van der Waals surface area contributed by atoms with Gasteiger partial charge < -0.3 is 4.74 Å². The van der Waals surface area contributed by atoms with Gasteiger partial charge in [-0.25, -0.2) is 4.98 Å². The largest absolute Gasteiger partial charge is 0.473 e. The van der Waals surface area contributed by atoms with Gasteiger partial charge in [0.1, 0.15) is 6.10 Å². The molecule has 0 saturated heterocycles. The molecule has 0 bridgehead atoms. The molecule has 0 aliphatic carbocycles. The molecule has 1 aliphatic heterocycles. The lowest BCUT2D eigenvalue weighted by Gasteiger charge is -2.21. The molecule has 3 nitrogen and oxygen atoms in total. The lowest BCUT2D eigenvalue weighted by atomic mass is 10.0. The van der Waals surface area contributed by atoms with E-state index in [-0.39, 0.29) is 6.10 Å². The van der Waals surface area contributed by atoms with Crippen molar-refractivity contribution >= 4 is 10.9 Å². The summed E-state index contributed by atoms with van der Waals surface area (Å²) < 4.78 is 6.17. The van der Waals surface area contributed by atoms with Crippen LogP contribution in [0.2, 0.25) is 0 Å². The molecule has 3 heteroatoms. The summed E-state index contributed by atoms with van der Waals surface area (Å²) >= 11 is 0. The first kappa shape index (κ1) is 16.1. The Bertz CT molecular complexity index is 905. The third kappa shape index (κ3) is 3.24. The number of hydrogen-bond acceptors (Lipinski definition) is 3. The van der Waals surface area contributed by atoms with Crippen molar-refractivity contribution in [3.63, 3.8) is 0 Å². The monoisotopic (exact) mass is 332 g/mol. The molecular weight excluding hydrogens is 308 g/mol. The van der Waals surface area contributed by atoms with Crippen LogP contribution in [0.25, 0.3) is 10.9 Å². The third-order valence-electron chi connectivity index (χ3n) is 4.91. The van der Waals surface area contributed by atoms with Gasteiger partial charge in [-0.1, -0.05) is 42.5 Å². The number of aryl methyl sites for hydroxylation is 2. The van der Waals surface area contributed by atoms with Gasteiger partial charge in [-0.05, 0) is 43.5 Å². The highest BCUT2D eigenvalue weighted by atomic mass is 16.5. The van der Waals surface area contributed by atoms with Gasteiger partial charge in [0.25, 0.3) is 0 Å². The van der Waals surface area contributed by atoms with E-state index in [1.54, 1.807) is 0 Å². The Labute approximate surface area is 149 Å². The van der Waals surface area contributed by atoms with E-state index in [0.717, 1.165) is 31.0 Å². The Balaban J connectivity index is 1.73. The highest BCUT2D eigenvalue weighted by Crippen LogP contribution is 2.30. The van der Waals surface area contributed by atoms with Gasteiger partial charge in [-0.2, -0.15) is 0 Å². The van der Waals surface area contributed by atoms with Gasteiger partial charge >= 0.3 is 0 Å². The van der Waals surface area contributed by atoms with E-state index in [4.69, 9.17) is 9.72 Å². The standard InChI is InChI=1S/C22H24N2O/c1-15-9-10-16(2)21-20(15)11-19-14-24(12-17(3)25-22(19)23-21)13-18-7-5-4-6-8-18/h4-11,17H,12-14H2,1-3H3. The topological polar surface area (TPSA) is 25.4 Å². The first-order chi connectivity index (χ1) is 12.1. The molecule has 1 aromatic heterocycles. The van der Waals surface area contributed by atoms with E-state index in [2.05, 4.69) is 74.2 Å². The van der Waals surface area contributed by atoms with Gasteiger partial charge in [0, 0.05) is 30.6 Å². The quantitative estimate of drug-likeness (QED) is 0.684. The second kappa shape index (κ2) is 6.49. The smallest absolute Gasteiger partial charge is 0.218 e. The SMILES string of the molecule is Cc1ccc(C)c2nc3c(cc12)CN(Cc1ccccc1)CC(C)O3. The molecule has 0 fully saturated rings. The number of nitrogens with zero attached hydrogens (tertiary/aromatic N) is 2. The molecular formula is C22H24N2O. The highest BCUT2D eigenvalue weighted by Gasteiger charge is 2.22. The van der Waals surface area contributed by atoms with Crippen LogP contribution < -0.4 is 4.74 Å². The van der Waals surface area contributed by atoms with Crippen molar-refractivity contribution in [2.45, 2.75) is 40.0 Å². The van der Waals surface area contributed by atoms with Crippen LogP contribution in [0.4, 0.5) is 0 Å². The number of aromatic nitrogens is 1. The maximum Gasteiger partial charge on any atom is 0.218 e. The van der Waals surface area contributed by atoms with E-state index in [0.29, 0.717) is 0 Å². The zero-order valence-corrected chi connectivity index (χ0v) is 15.1. The fourth-order valence-corrected chi connectivity index (χ4v) is 3.63. The van der Waals surface area contributed by atoms with Crippen molar-refractivity contribution in [2.75, 3.05) is 6.54 Å². The molecule has 4 rings (SSSR count). The summed E-state index contributed by atoms with van der Waals surface area (Å²) in [4.78, 5) is 7.33. The fourth-order valence-electron chi connectivity index (χ4n) is 3.63. The lowest BCUT2D eigenvalue weighted by molar-refractivity contribution is 0.153. The molecule has 0 amide bonds. The minimum Gasteiger partial charge on any atom is -0.473 e. The Kier molecular flexibility index (Phi) is 4.18. The molecule has 2 aromatic carbocycles. The zero-order chi connectivity index (χ0) is 17.4. The third-order valence-corrected chi connectivity index (χ3v) is 4.91. The lowest BCUT2D eigenvalue weighted by Crippen LogP contribution is -2.30. The second-order valence-corrected chi connectivity index (χ2v) is 7.13. The van der Waals surface area contributed by atoms with E-state index >= 15 is 0 Å². The Morgan fingerprint density at radius 2 is 1.84 bits per heavy atom. The molecule has 1 aliphatic rings. The Hall–Kier alpha value is -2.39. The average molecular weight is 332 g/mol. The molecule has 1 atom stereocenters. The van der Waals surface area contributed by atoms with E-state index in [1.165, 1.54) is 27.6 Å². The molecule has 3 aromatic rings. The minimum absolute atomic E-state index is 0.125. The van der Waals surface area contributed by atoms with Crippen molar-refractivity contribution in [2.24, 2.45) is 0 Å². The number of hydrogen-bond donors (Lipinski definition) is 0. The van der Waals surface area contributed by atoms with Crippen molar-refractivity contribution in [3.05, 3.63) is 70.8 Å². The highest BCUT2D eigenvalue weighted by molar-refractivity contribution is 5.86. The molecule has 128 valence electrons. The second-order valence-electron chi connectivity index (χ2n) is 7.13. The molecule has 25 heavy (non-hydrogen) atoms. The van der Waals surface area contributed by atoms with Crippen molar-refractivity contribution in [1.82, 2.24) is 9.88 Å². The first-order valence-corrected chi connectivity index (χ1v) is 8.93. The Morgan fingerprint density at radius 1 is 1.08 bits per heavy atom. The number of benzene rings is 2. The van der Waals surface area contributed by atoms with Gasteiger partial charge in [0.05, 0.1) is 5.52 Å². The minimum atomic E-state index is 0.125. The first-order valence-electron chi connectivity index (χ1n) is 8.93. The fraction of sp³-hybridized carbons (Fsp3) is 0.318. The van der Waals surface area contributed by atoms with Crippen LogP contribution in [0.5, 0.6) is 5.88 Å². The van der Waals surface area contributed by atoms with Crippen LogP contribution in [-0.2, 0) is 13.1 Å². The van der Waals surface area contributed by atoms with Gasteiger partial charge in [-0.15, -0.1) is 0 Å². The summed E-state index contributed by atoms with van der Waals surface area (Å²) in [7, 11) is 0. The summed E-state index contributed by atoms with van der Waals surface area (Å²) in [6, 6.07) is 17.2. The van der Waals surface area contributed by atoms with E-state index in [1.807, 2.05) is 0 Å². The molecule has 2 heterocycles. The van der Waals surface area contributed by atoms with Gasteiger partial charge in [-0.3, -0.25) is 4.90 Å². The summed E-state index contributed by atoms with van der Waals surface area (Å²) in [5.74, 6) is 0.796. The maximum atomic E-state index is 6.17. The number of fused-ring (bicyclic) bond motifs is 2. The van der Waals surface area contributed by atoms with Crippen LogP contribution in [0.3, 0.4) is 0 Å². The maximum absolute atomic E-state index is 6.17. The Morgan fingerprint density at radius 3 is 2.64 bits per heavy atom. The van der Waals surface area contributed by atoms with Crippen molar-refractivity contribution in [1.29, 1.82) is 0 Å². The zero-order valence-electron chi connectivity index (χ0n) is 15.1. The van der Waals surface area contributed by atoms with Gasteiger partial charge in [0.15, 0.2) is 0 Å². The summed E-state index contributed by atoms with van der Waals surface area (Å²) in [6.45, 7) is 9.09. The molecule has 0 radical (unpaired) electrons. The predicted molar refractivity (Wildman–Crippen MR) is 102 cm³/mol. The number of pyridine rings is 1. The summed E-state index contributed by atoms with van der Waals surface area (Å²) in [5.41, 5.74) is 6.04. The average Bonchev–Trinajstić information content (AvgIpc) is 2.75. The molecule has 1 unspecified atom stereocenters. The van der Waals surface area contributed by atoms with Crippen LogP contribution in [0.1, 0.15) is 29.2 Å². The molecule has 0 saturated carbocycles. The van der Waals surface area contributed by atoms with Crippen molar-refractivity contribution < 1.29 is 4.74 Å². The molecule has 0 N–H and O–H groups in total.